The Labute approximate surface area is 104 Å². The van der Waals surface area contributed by atoms with Crippen molar-refractivity contribution >= 4 is 0 Å². The first-order chi connectivity index (χ1) is 8.09. The number of nitrogens with zero attached hydrogens (tertiary/aromatic N) is 1. The van der Waals surface area contributed by atoms with Crippen molar-refractivity contribution in [2.45, 2.75) is 39.3 Å². The Morgan fingerprint density at radius 3 is 2.71 bits per heavy atom. The molecule has 1 aliphatic heterocycles. The molecule has 1 saturated heterocycles. The zero-order valence-corrected chi connectivity index (χ0v) is 11.1. The number of rotatable bonds is 3. The third kappa shape index (κ3) is 2.72. The summed E-state index contributed by atoms with van der Waals surface area (Å²) in [4.78, 5) is 2.48. The normalized spacial score (nSPS) is 30.1. The minimum atomic E-state index is 0.0988. The van der Waals surface area contributed by atoms with E-state index in [2.05, 4.69) is 25.7 Å². The number of hydrogen-bond donors (Lipinski definition) is 1. The van der Waals surface area contributed by atoms with E-state index in [1.807, 2.05) is 12.1 Å². The van der Waals surface area contributed by atoms with E-state index >= 15 is 0 Å². The third-order valence-corrected chi connectivity index (χ3v) is 4.09. The summed E-state index contributed by atoms with van der Waals surface area (Å²) in [7, 11) is 0. The number of likely N-dealkylation sites (tertiary alicyclic amines) is 1. The molecule has 96 valence electrons. The van der Waals surface area contributed by atoms with Gasteiger partial charge in [-0.2, -0.15) is 0 Å². The molecule has 1 aliphatic rings. The van der Waals surface area contributed by atoms with Crippen molar-refractivity contribution in [1.29, 1.82) is 0 Å². The lowest BCUT2D eigenvalue weighted by Gasteiger charge is -2.40. The summed E-state index contributed by atoms with van der Waals surface area (Å²) < 4.78 is 5.55. The first-order valence-electron chi connectivity index (χ1n) is 6.62. The summed E-state index contributed by atoms with van der Waals surface area (Å²) in [6, 6.07) is 4.30. The van der Waals surface area contributed by atoms with E-state index in [1.54, 1.807) is 6.26 Å². The average Bonchev–Trinajstić information content (AvgIpc) is 2.76. The second kappa shape index (κ2) is 5.23. The highest BCUT2D eigenvalue weighted by molar-refractivity contribution is 5.08. The Morgan fingerprint density at radius 2 is 2.18 bits per heavy atom. The highest BCUT2D eigenvalue weighted by atomic mass is 16.3. The molecular weight excluding hydrogens is 212 g/mol. The molecule has 1 aromatic heterocycles. The average molecular weight is 236 g/mol. The van der Waals surface area contributed by atoms with E-state index in [0.717, 1.165) is 30.7 Å². The number of furan rings is 1. The molecule has 4 unspecified atom stereocenters. The van der Waals surface area contributed by atoms with Crippen molar-refractivity contribution in [3.63, 3.8) is 0 Å². The van der Waals surface area contributed by atoms with Gasteiger partial charge in [0.05, 0.1) is 12.3 Å². The van der Waals surface area contributed by atoms with Crippen LogP contribution in [0, 0.1) is 11.8 Å². The molecule has 2 rings (SSSR count). The van der Waals surface area contributed by atoms with Crippen molar-refractivity contribution in [2.24, 2.45) is 17.6 Å². The molecular formula is C14H24N2O. The first kappa shape index (κ1) is 12.7. The highest BCUT2D eigenvalue weighted by Crippen LogP contribution is 2.31. The fourth-order valence-electron chi connectivity index (χ4n) is 2.78. The van der Waals surface area contributed by atoms with Gasteiger partial charge in [-0.3, -0.25) is 4.90 Å². The Hall–Kier alpha value is -0.800. The highest BCUT2D eigenvalue weighted by Gasteiger charge is 2.31. The van der Waals surface area contributed by atoms with Gasteiger partial charge in [0.2, 0.25) is 0 Å². The maximum atomic E-state index is 6.14. The summed E-state index contributed by atoms with van der Waals surface area (Å²) >= 11 is 0. The summed E-state index contributed by atoms with van der Waals surface area (Å²) in [5.41, 5.74) is 6.14. The topological polar surface area (TPSA) is 42.4 Å². The lowest BCUT2D eigenvalue weighted by Crippen LogP contribution is -2.46. The fraction of sp³-hybridized carbons (Fsp3) is 0.714. The Kier molecular flexibility index (Phi) is 3.89. The molecule has 17 heavy (non-hydrogen) atoms. The van der Waals surface area contributed by atoms with Crippen LogP contribution >= 0.6 is 0 Å². The molecule has 2 N–H and O–H groups in total. The van der Waals surface area contributed by atoms with Crippen LogP contribution in [0.3, 0.4) is 0 Å². The molecule has 0 spiro atoms. The van der Waals surface area contributed by atoms with Crippen molar-refractivity contribution in [3.05, 3.63) is 24.2 Å². The van der Waals surface area contributed by atoms with E-state index in [9.17, 15) is 0 Å². The van der Waals surface area contributed by atoms with Crippen LogP contribution in [-0.2, 0) is 0 Å². The Morgan fingerprint density at radius 1 is 1.41 bits per heavy atom. The van der Waals surface area contributed by atoms with Gasteiger partial charge in [0.1, 0.15) is 5.76 Å². The first-order valence-corrected chi connectivity index (χ1v) is 6.62. The molecule has 0 saturated carbocycles. The van der Waals surface area contributed by atoms with Crippen LogP contribution in [0.5, 0.6) is 0 Å². The van der Waals surface area contributed by atoms with Gasteiger partial charge >= 0.3 is 0 Å². The maximum absolute atomic E-state index is 6.14. The molecule has 4 atom stereocenters. The molecule has 0 aromatic carbocycles. The smallest absolute Gasteiger partial charge is 0.122 e. The number of nitrogens with two attached hydrogens (primary N) is 1. The fourth-order valence-corrected chi connectivity index (χ4v) is 2.78. The summed E-state index contributed by atoms with van der Waals surface area (Å²) in [6.45, 7) is 8.98. The van der Waals surface area contributed by atoms with Gasteiger partial charge in [0, 0.05) is 12.6 Å². The van der Waals surface area contributed by atoms with E-state index in [1.165, 1.54) is 6.42 Å². The van der Waals surface area contributed by atoms with Gasteiger partial charge in [-0.15, -0.1) is 0 Å². The van der Waals surface area contributed by atoms with Crippen LogP contribution in [0.2, 0.25) is 0 Å². The minimum absolute atomic E-state index is 0.0988. The van der Waals surface area contributed by atoms with Crippen LogP contribution in [0.15, 0.2) is 22.8 Å². The zero-order valence-electron chi connectivity index (χ0n) is 11.1. The number of piperidine rings is 1. The van der Waals surface area contributed by atoms with E-state index in [-0.39, 0.29) is 12.1 Å². The lowest BCUT2D eigenvalue weighted by atomic mass is 9.87. The quantitative estimate of drug-likeness (QED) is 0.877. The van der Waals surface area contributed by atoms with Crippen LogP contribution in [0.1, 0.15) is 39.0 Å². The molecule has 2 heterocycles. The third-order valence-electron chi connectivity index (χ3n) is 4.09. The van der Waals surface area contributed by atoms with Crippen molar-refractivity contribution in [1.82, 2.24) is 4.90 Å². The molecule has 1 aromatic rings. The SMILES string of the molecule is CC(N)C(c1ccco1)N1CCC(C)C(C)C1. The predicted octanol–water partition coefficient (Wildman–Crippen LogP) is 2.65. The molecule has 3 heteroatoms. The molecule has 3 nitrogen and oxygen atoms in total. The molecule has 1 fully saturated rings. The Balaban J connectivity index is 2.12. The van der Waals surface area contributed by atoms with Crippen molar-refractivity contribution < 1.29 is 4.42 Å². The molecule has 0 amide bonds. The molecule has 0 aliphatic carbocycles. The van der Waals surface area contributed by atoms with Crippen LogP contribution in [0.4, 0.5) is 0 Å². The van der Waals surface area contributed by atoms with Crippen molar-refractivity contribution in [3.8, 4) is 0 Å². The predicted molar refractivity (Wildman–Crippen MR) is 69.6 cm³/mol. The van der Waals surface area contributed by atoms with Gasteiger partial charge in [-0.05, 0) is 43.9 Å². The largest absolute Gasteiger partial charge is 0.468 e. The van der Waals surface area contributed by atoms with E-state index < -0.39 is 0 Å². The molecule has 0 radical (unpaired) electrons. The van der Waals surface area contributed by atoms with Crippen LogP contribution in [0.25, 0.3) is 0 Å². The summed E-state index contributed by atoms with van der Waals surface area (Å²) in [6.07, 6.45) is 2.99. The zero-order chi connectivity index (χ0) is 12.4. The van der Waals surface area contributed by atoms with Gasteiger partial charge in [-0.25, -0.2) is 0 Å². The van der Waals surface area contributed by atoms with Gasteiger partial charge in [-0.1, -0.05) is 13.8 Å². The van der Waals surface area contributed by atoms with E-state index in [4.69, 9.17) is 10.2 Å². The second-order valence-corrected chi connectivity index (χ2v) is 5.56. The minimum Gasteiger partial charge on any atom is -0.468 e. The van der Waals surface area contributed by atoms with Gasteiger partial charge in [0.15, 0.2) is 0 Å². The Bertz CT molecular complexity index is 334. The maximum Gasteiger partial charge on any atom is 0.122 e. The lowest BCUT2D eigenvalue weighted by molar-refractivity contribution is 0.0744. The van der Waals surface area contributed by atoms with Crippen molar-refractivity contribution in [2.75, 3.05) is 13.1 Å². The molecule has 0 bridgehead atoms. The summed E-state index contributed by atoms with van der Waals surface area (Å²) in [5.74, 6) is 2.55. The number of hydrogen-bond acceptors (Lipinski definition) is 3. The monoisotopic (exact) mass is 236 g/mol. The van der Waals surface area contributed by atoms with Crippen LogP contribution in [-0.4, -0.2) is 24.0 Å². The van der Waals surface area contributed by atoms with Gasteiger partial charge < -0.3 is 10.2 Å². The van der Waals surface area contributed by atoms with Gasteiger partial charge in [0.25, 0.3) is 0 Å². The summed E-state index contributed by atoms with van der Waals surface area (Å²) in [5, 5.41) is 0. The standard InChI is InChI=1S/C14H24N2O/c1-10-6-7-16(9-11(10)2)14(12(3)15)13-5-4-8-17-13/h4-5,8,10-12,14H,6-7,9,15H2,1-3H3. The van der Waals surface area contributed by atoms with E-state index in [0.29, 0.717) is 0 Å². The van der Waals surface area contributed by atoms with Crippen LogP contribution < -0.4 is 5.73 Å². The second-order valence-electron chi connectivity index (χ2n) is 5.56.